The molecule has 3 aromatic carbocycles. The highest BCUT2D eigenvalue weighted by atomic mass is 19.1. The molecule has 0 saturated heterocycles. The fourth-order valence-corrected chi connectivity index (χ4v) is 2.80. The zero-order chi connectivity index (χ0) is 19.3. The third-order valence-corrected chi connectivity index (χ3v) is 4.22. The van der Waals surface area contributed by atoms with Gasteiger partial charge in [0, 0.05) is 11.1 Å². The van der Waals surface area contributed by atoms with Crippen molar-refractivity contribution in [1.29, 1.82) is 0 Å². The van der Waals surface area contributed by atoms with Crippen molar-refractivity contribution >= 4 is 5.91 Å². The summed E-state index contributed by atoms with van der Waals surface area (Å²) in [6.07, 6.45) is 0. The second-order valence-corrected chi connectivity index (χ2v) is 6.14. The highest BCUT2D eigenvalue weighted by Crippen LogP contribution is 2.25. The minimum Gasteiger partial charge on any atom is -0.418 e. The van der Waals surface area contributed by atoms with Crippen LogP contribution >= 0.6 is 0 Å². The van der Waals surface area contributed by atoms with Crippen LogP contribution in [0, 0.1) is 5.82 Å². The van der Waals surface area contributed by atoms with Crippen molar-refractivity contribution in [2.24, 2.45) is 0 Å². The third kappa shape index (κ3) is 3.81. The van der Waals surface area contributed by atoms with Crippen molar-refractivity contribution in [3.8, 4) is 11.5 Å². The smallest absolute Gasteiger partial charge is 0.252 e. The van der Waals surface area contributed by atoms with Crippen LogP contribution in [0.5, 0.6) is 0 Å². The Morgan fingerprint density at radius 3 is 2.18 bits per heavy atom. The van der Waals surface area contributed by atoms with Gasteiger partial charge in [-0.05, 0) is 42.0 Å². The molecule has 0 aliphatic heterocycles. The van der Waals surface area contributed by atoms with Crippen LogP contribution < -0.4 is 5.32 Å². The van der Waals surface area contributed by atoms with E-state index in [2.05, 4.69) is 15.5 Å². The minimum atomic E-state index is -0.635. The Morgan fingerprint density at radius 2 is 1.50 bits per heavy atom. The van der Waals surface area contributed by atoms with E-state index in [1.807, 2.05) is 60.7 Å². The van der Waals surface area contributed by atoms with Gasteiger partial charge in [0.25, 0.3) is 5.91 Å². The Labute approximate surface area is 160 Å². The molecule has 0 fully saturated rings. The predicted octanol–water partition coefficient (Wildman–Crippen LogP) is 4.40. The van der Waals surface area contributed by atoms with Gasteiger partial charge in [-0.2, -0.15) is 0 Å². The number of carbonyl (C=O) groups is 1. The van der Waals surface area contributed by atoms with Crippen molar-refractivity contribution in [1.82, 2.24) is 15.5 Å². The van der Waals surface area contributed by atoms with Gasteiger partial charge in [-0.1, -0.05) is 48.5 Å². The van der Waals surface area contributed by atoms with Crippen LogP contribution in [0.3, 0.4) is 0 Å². The second kappa shape index (κ2) is 7.84. The summed E-state index contributed by atoms with van der Waals surface area (Å²) < 4.78 is 19.0. The molecule has 0 radical (unpaired) electrons. The van der Waals surface area contributed by atoms with Crippen LogP contribution in [0.2, 0.25) is 0 Å². The van der Waals surface area contributed by atoms with E-state index in [9.17, 15) is 9.18 Å². The Bertz CT molecular complexity index is 1060. The second-order valence-electron chi connectivity index (χ2n) is 6.14. The van der Waals surface area contributed by atoms with Gasteiger partial charge in [-0.3, -0.25) is 4.79 Å². The van der Waals surface area contributed by atoms with Gasteiger partial charge in [-0.15, -0.1) is 10.2 Å². The van der Waals surface area contributed by atoms with Crippen LogP contribution in [-0.2, 0) is 0 Å². The average molecular weight is 373 g/mol. The summed E-state index contributed by atoms with van der Waals surface area (Å²) in [5, 5.41) is 11.1. The summed E-state index contributed by atoms with van der Waals surface area (Å²) in [6.45, 7) is 0. The van der Waals surface area contributed by atoms with E-state index in [4.69, 9.17) is 4.42 Å². The Balaban J connectivity index is 1.66. The molecule has 1 N–H and O–H groups in total. The lowest BCUT2D eigenvalue weighted by molar-refractivity contribution is 0.0938. The fraction of sp³-hybridized carbons (Fsp3) is 0.0455. The number of nitrogens with one attached hydrogen (secondary N) is 1. The topological polar surface area (TPSA) is 68.0 Å². The molecule has 1 amide bonds. The van der Waals surface area contributed by atoms with E-state index in [0.717, 1.165) is 11.1 Å². The number of hydrogen-bond acceptors (Lipinski definition) is 4. The van der Waals surface area contributed by atoms with Crippen LogP contribution in [0.15, 0.2) is 89.3 Å². The maximum atomic E-state index is 13.1. The van der Waals surface area contributed by atoms with Gasteiger partial charge in [0.2, 0.25) is 11.8 Å². The Hall–Kier alpha value is -3.80. The minimum absolute atomic E-state index is 0.264. The average Bonchev–Trinajstić information content (AvgIpc) is 3.23. The van der Waals surface area contributed by atoms with Crippen LogP contribution in [0.1, 0.15) is 27.9 Å². The summed E-state index contributed by atoms with van der Waals surface area (Å²) in [5.41, 5.74) is 1.92. The highest BCUT2D eigenvalue weighted by Gasteiger charge is 2.24. The first-order valence-corrected chi connectivity index (χ1v) is 8.71. The summed E-state index contributed by atoms with van der Waals surface area (Å²) in [5.74, 6) is -0.137. The molecule has 0 bridgehead atoms. The quantitative estimate of drug-likeness (QED) is 0.563. The van der Waals surface area contributed by atoms with Crippen molar-refractivity contribution in [3.05, 3.63) is 108 Å². The molecule has 0 spiro atoms. The number of hydrogen-bond donors (Lipinski definition) is 1. The number of carbonyl (C=O) groups excluding carboxylic acids is 1. The number of benzene rings is 3. The molecule has 1 heterocycles. The zero-order valence-electron chi connectivity index (χ0n) is 14.7. The van der Waals surface area contributed by atoms with Crippen LogP contribution in [0.25, 0.3) is 11.5 Å². The van der Waals surface area contributed by atoms with Gasteiger partial charge in [-0.25, -0.2) is 4.39 Å². The lowest BCUT2D eigenvalue weighted by Gasteiger charge is -2.15. The fourth-order valence-electron chi connectivity index (χ4n) is 2.80. The molecule has 0 saturated carbocycles. The lowest BCUT2D eigenvalue weighted by Crippen LogP contribution is -2.29. The molecule has 1 aromatic heterocycles. The van der Waals surface area contributed by atoms with Crippen LogP contribution in [0.4, 0.5) is 4.39 Å². The van der Waals surface area contributed by atoms with E-state index >= 15 is 0 Å². The number of aromatic nitrogens is 2. The van der Waals surface area contributed by atoms with Gasteiger partial charge >= 0.3 is 0 Å². The van der Waals surface area contributed by atoms with E-state index < -0.39 is 11.9 Å². The van der Waals surface area contributed by atoms with Crippen molar-refractivity contribution < 1.29 is 13.6 Å². The van der Waals surface area contributed by atoms with E-state index in [0.29, 0.717) is 11.5 Å². The standard InChI is InChI=1S/C22H16FN3O2/c23-18-13-11-16(12-14-18)20(27)24-19(15-7-3-1-4-8-15)22-26-25-21(28-22)17-9-5-2-6-10-17/h1-14,19H,(H,24,27). The van der Waals surface area contributed by atoms with Gasteiger partial charge < -0.3 is 9.73 Å². The molecule has 1 unspecified atom stereocenters. The molecule has 0 aliphatic carbocycles. The zero-order valence-corrected chi connectivity index (χ0v) is 14.7. The van der Waals surface area contributed by atoms with Crippen LogP contribution in [-0.4, -0.2) is 16.1 Å². The van der Waals surface area contributed by atoms with Gasteiger partial charge in [0.1, 0.15) is 11.9 Å². The molecular weight excluding hydrogens is 357 g/mol. The number of halogens is 1. The molecule has 138 valence electrons. The monoisotopic (exact) mass is 373 g/mol. The first kappa shape index (κ1) is 17.6. The molecule has 1 atom stereocenters. The summed E-state index contributed by atoms with van der Waals surface area (Å²) >= 11 is 0. The molecule has 5 nitrogen and oxygen atoms in total. The summed E-state index contributed by atoms with van der Waals surface area (Å²) in [6, 6.07) is 23.4. The predicted molar refractivity (Wildman–Crippen MR) is 102 cm³/mol. The lowest BCUT2D eigenvalue weighted by atomic mass is 10.1. The van der Waals surface area contributed by atoms with Crippen molar-refractivity contribution in [3.63, 3.8) is 0 Å². The van der Waals surface area contributed by atoms with E-state index in [1.165, 1.54) is 24.3 Å². The Kier molecular flexibility index (Phi) is 4.93. The summed E-state index contributed by atoms with van der Waals surface area (Å²) in [7, 11) is 0. The SMILES string of the molecule is O=C(NC(c1ccccc1)c1nnc(-c2ccccc2)o1)c1ccc(F)cc1. The molecule has 6 heteroatoms. The first-order chi connectivity index (χ1) is 13.7. The molecule has 4 aromatic rings. The normalized spacial score (nSPS) is 11.8. The summed E-state index contributed by atoms with van der Waals surface area (Å²) in [4.78, 5) is 12.7. The maximum absolute atomic E-state index is 13.1. The Morgan fingerprint density at radius 1 is 0.857 bits per heavy atom. The molecule has 28 heavy (non-hydrogen) atoms. The molecule has 0 aliphatic rings. The first-order valence-electron chi connectivity index (χ1n) is 8.71. The van der Waals surface area contributed by atoms with Gasteiger partial charge in [0.15, 0.2) is 0 Å². The van der Waals surface area contributed by atoms with Gasteiger partial charge in [0.05, 0.1) is 0 Å². The maximum Gasteiger partial charge on any atom is 0.252 e. The third-order valence-electron chi connectivity index (χ3n) is 4.22. The van der Waals surface area contributed by atoms with Crippen molar-refractivity contribution in [2.75, 3.05) is 0 Å². The number of rotatable bonds is 5. The molecule has 4 rings (SSSR count). The van der Waals surface area contributed by atoms with Crippen molar-refractivity contribution in [2.45, 2.75) is 6.04 Å². The number of amides is 1. The molecular formula is C22H16FN3O2. The largest absolute Gasteiger partial charge is 0.418 e. The van der Waals surface area contributed by atoms with E-state index in [-0.39, 0.29) is 11.8 Å². The van der Waals surface area contributed by atoms with E-state index in [1.54, 1.807) is 0 Å². The number of nitrogens with zero attached hydrogens (tertiary/aromatic N) is 2. The highest BCUT2D eigenvalue weighted by molar-refractivity contribution is 5.94.